The molecular weight excluding hydrogens is 292 g/mol. The Bertz CT molecular complexity index is 864. The molecule has 1 aliphatic rings. The van der Waals surface area contributed by atoms with Crippen molar-refractivity contribution in [2.24, 2.45) is 0 Å². The summed E-state index contributed by atoms with van der Waals surface area (Å²) in [5.41, 5.74) is -3.53. The number of hydrogen-bond acceptors (Lipinski definition) is 8. The van der Waals surface area contributed by atoms with Gasteiger partial charge >= 0.3 is 0 Å². The van der Waals surface area contributed by atoms with Crippen molar-refractivity contribution >= 4 is 17.5 Å². The average molecular weight is 332 g/mol. The van der Waals surface area contributed by atoms with Gasteiger partial charge in [0.1, 0.15) is 12.7 Å². The fourth-order valence-electron chi connectivity index (χ4n) is 1.27. The van der Waals surface area contributed by atoms with Gasteiger partial charge in [0.05, 0.1) is 33.2 Å². The van der Waals surface area contributed by atoms with Gasteiger partial charge in [-0.2, -0.15) is 4.37 Å². The molecular formula is C13H24N4O3S. The number of rotatable bonds is 6. The summed E-state index contributed by atoms with van der Waals surface area (Å²) in [6, 6.07) is 0. The van der Waals surface area contributed by atoms with Gasteiger partial charge in [-0.05, 0) is 20.6 Å². The zero-order valence-electron chi connectivity index (χ0n) is 25.7. The summed E-state index contributed by atoms with van der Waals surface area (Å²) in [4.78, 5) is 0.534. The molecule has 1 atom stereocenters. The first-order chi connectivity index (χ1) is 15.9. The van der Waals surface area contributed by atoms with E-state index in [1.807, 2.05) is 0 Å². The highest BCUT2D eigenvalue weighted by atomic mass is 32.1. The molecule has 1 fully saturated rings. The first-order valence-electron chi connectivity index (χ1n) is 13.2. The third kappa shape index (κ3) is 5.39. The van der Waals surface area contributed by atoms with Crippen LogP contribution < -0.4 is 15.0 Å². The van der Waals surface area contributed by atoms with Gasteiger partial charge in [0.15, 0.2) is 0 Å². The maximum atomic E-state index is 10.4. The van der Waals surface area contributed by atoms with Crippen molar-refractivity contribution in [3.05, 3.63) is 0 Å². The quantitative estimate of drug-likeness (QED) is 0.786. The summed E-state index contributed by atoms with van der Waals surface area (Å²) in [5, 5.41) is 12.2. The molecule has 2 rings (SSSR count). The number of aromatic nitrogens is 2. The Labute approximate surface area is 150 Å². The van der Waals surface area contributed by atoms with Crippen molar-refractivity contribution in [1.82, 2.24) is 14.1 Å². The molecule has 8 heteroatoms. The maximum absolute atomic E-state index is 10.4. The topological polar surface area (TPSA) is 79.7 Å². The van der Waals surface area contributed by atoms with Crippen LogP contribution in [0.5, 0.6) is 5.88 Å². The number of nitrogens with one attached hydrogen (secondary N) is 1. The lowest BCUT2D eigenvalue weighted by Gasteiger charge is -2.27. The number of ether oxygens (including phenoxy) is 2. The smallest absolute Gasteiger partial charge is 0.270 e. The van der Waals surface area contributed by atoms with Crippen LogP contribution in [0.2, 0.25) is 0 Å². The van der Waals surface area contributed by atoms with Gasteiger partial charge in [-0.1, -0.05) is 0 Å². The molecule has 2 N–H and O–H groups in total. The molecule has 0 aliphatic carbocycles. The number of morpholine rings is 1. The molecule has 1 saturated heterocycles. The normalized spacial score (nSPS) is 35.7. The Morgan fingerprint density at radius 1 is 1.57 bits per heavy atom. The fraction of sp³-hybridized carbons (Fsp3) is 0.846. The molecule has 0 aromatic carbocycles. The largest absolute Gasteiger partial charge is 0.472 e. The van der Waals surface area contributed by atoms with E-state index in [4.69, 9.17) is 30.0 Å². The van der Waals surface area contributed by atoms with Gasteiger partial charge in [-0.15, -0.1) is 4.37 Å². The van der Waals surface area contributed by atoms with E-state index < -0.39 is 83.2 Å². The minimum atomic E-state index is -3.64. The monoisotopic (exact) mass is 331 g/mol. The highest BCUT2D eigenvalue weighted by Gasteiger charge is 2.21. The van der Waals surface area contributed by atoms with Crippen LogP contribution in [0.25, 0.3) is 0 Å². The van der Waals surface area contributed by atoms with Gasteiger partial charge < -0.3 is 24.8 Å². The van der Waals surface area contributed by atoms with Gasteiger partial charge in [0.25, 0.3) is 5.88 Å². The second-order valence-corrected chi connectivity index (χ2v) is 4.43. The average Bonchev–Trinajstić information content (AvgIpc) is 3.03. The number of anilines is 1. The van der Waals surface area contributed by atoms with E-state index in [0.29, 0.717) is 16.6 Å². The van der Waals surface area contributed by atoms with E-state index in [1.54, 1.807) is 5.32 Å². The van der Waals surface area contributed by atoms with E-state index in [0.717, 1.165) is 0 Å². The van der Waals surface area contributed by atoms with Gasteiger partial charge in [-0.3, -0.25) is 0 Å². The zero-order chi connectivity index (χ0) is 28.2. The Morgan fingerprint density at radius 2 is 2.33 bits per heavy atom. The molecule has 1 aromatic heterocycles. The highest BCUT2D eigenvalue weighted by Crippen LogP contribution is 2.26. The van der Waals surface area contributed by atoms with E-state index in [2.05, 4.69) is 8.75 Å². The van der Waals surface area contributed by atoms with Crippen molar-refractivity contribution in [1.29, 1.82) is 0 Å². The lowest BCUT2D eigenvalue weighted by Crippen LogP contribution is -2.42. The van der Waals surface area contributed by atoms with E-state index in [-0.39, 0.29) is 0 Å². The van der Waals surface area contributed by atoms with Crippen molar-refractivity contribution in [3.8, 4) is 5.88 Å². The lowest BCUT2D eigenvalue weighted by molar-refractivity contribution is 0.0975. The van der Waals surface area contributed by atoms with Gasteiger partial charge in [0, 0.05) is 37.4 Å². The molecule has 1 aliphatic heterocycles. The summed E-state index contributed by atoms with van der Waals surface area (Å²) < 4.78 is 134. The first-order valence-corrected chi connectivity index (χ1v) is 6.46. The van der Waals surface area contributed by atoms with Crippen molar-refractivity contribution in [2.45, 2.75) is 32.2 Å². The minimum absolute atomic E-state index is 0.414. The number of β-amino-alcohol motifs (C(OH)–C–C–N with tert-alkyl or cyclic N) is 1. The number of aliphatic hydroxyl groups excluding tert-OH is 1. The van der Waals surface area contributed by atoms with Gasteiger partial charge in [-0.25, -0.2) is 0 Å². The zero-order valence-corrected chi connectivity index (χ0v) is 11.5. The third-order valence-corrected chi connectivity index (χ3v) is 2.66. The molecule has 120 valence electrons. The molecule has 0 radical (unpaired) electrons. The Morgan fingerprint density at radius 3 is 3.05 bits per heavy atom. The fourth-order valence-corrected chi connectivity index (χ4v) is 1.74. The standard InChI is InChI=1S/C13H24N4O3S/c1-13(2,3)14-8-10(18)9-20-12-11(15-21-16-12)17-4-6-19-7-5-17/h10,14,18H,4-9H2,1-3H3/t10-/m0/s1/i1D3,2D3,3D3,4D2,5D2,9D2. The predicted molar refractivity (Wildman–Crippen MR) is 82.2 cm³/mol. The maximum Gasteiger partial charge on any atom is 0.270 e. The van der Waals surface area contributed by atoms with Gasteiger partial charge in [0.2, 0.25) is 5.82 Å². The summed E-state index contributed by atoms with van der Waals surface area (Å²) in [6.07, 6.45) is -2.38. The minimum Gasteiger partial charge on any atom is -0.472 e. The Kier molecular flexibility index (Phi) is 1.96. The summed E-state index contributed by atoms with van der Waals surface area (Å²) in [6.45, 7) is -21.4. The first kappa shape index (κ1) is 5.59. The van der Waals surface area contributed by atoms with Crippen LogP contribution in [0.1, 0.15) is 41.1 Å². The molecule has 21 heavy (non-hydrogen) atoms. The van der Waals surface area contributed by atoms with Crippen LogP contribution in [0.4, 0.5) is 5.82 Å². The Balaban J connectivity index is 2.34. The van der Waals surface area contributed by atoms with Crippen molar-refractivity contribution in [3.63, 3.8) is 0 Å². The molecule has 0 saturated carbocycles. The molecule has 0 spiro atoms. The van der Waals surface area contributed by atoms with E-state index >= 15 is 0 Å². The SMILES string of the molecule is [2H]C([2H])(Oc1nsnc1N1C([2H])([2H])COCC1([2H])[2H])[C@@H](O)CNC(C([2H])([2H])[2H])(C([2H])([2H])[2H])C([2H])([2H])[2H]. The number of nitrogens with zero attached hydrogens (tertiary/aromatic N) is 3. The third-order valence-electron chi connectivity index (χ3n) is 2.16. The summed E-state index contributed by atoms with van der Waals surface area (Å²) in [5.74, 6) is -1.28. The van der Waals surface area contributed by atoms with Crippen LogP contribution in [0.15, 0.2) is 0 Å². The Hall–Kier alpha value is -0.960. The lowest BCUT2D eigenvalue weighted by atomic mass is 10.1. The second kappa shape index (κ2) is 7.35. The number of hydrogen-bond donors (Lipinski definition) is 2. The highest BCUT2D eigenvalue weighted by molar-refractivity contribution is 6.99. The van der Waals surface area contributed by atoms with Crippen molar-refractivity contribution < 1.29 is 35.1 Å². The van der Waals surface area contributed by atoms with Crippen molar-refractivity contribution in [2.75, 3.05) is 44.2 Å². The number of aliphatic hydroxyl groups is 1. The van der Waals surface area contributed by atoms with Crippen LogP contribution in [0, 0.1) is 0 Å². The summed E-state index contributed by atoms with van der Waals surface area (Å²) in [7, 11) is 0. The molecule has 0 bridgehead atoms. The summed E-state index contributed by atoms with van der Waals surface area (Å²) >= 11 is 0.414. The van der Waals surface area contributed by atoms with Crippen LogP contribution in [0.3, 0.4) is 0 Å². The molecule has 7 nitrogen and oxygen atoms in total. The predicted octanol–water partition coefficient (Wildman–Crippen LogP) is 0.502. The molecule has 2 heterocycles. The van der Waals surface area contributed by atoms with E-state index in [9.17, 15) is 5.11 Å². The molecule has 0 unspecified atom stereocenters. The molecule has 1 aromatic rings. The van der Waals surface area contributed by atoms with Crippen LogP contribution in [-0.2, 0) is 4.74 Å². The van der Waals surface area contributed by atoms with Crippen LogP contribution >= 0.6 is 11.7 Å². The second-order valence-electron chi connectivity index (χ2n) is 3.90. The van der Waals surface area contributed by atoms with Crippen LogP contribution in [-0.4, -0.2) is 64.8 Å². The van der Waals surface area contributed by atoms with E-state index in [1.165, 1.54) is 0 Å². The molecule has 0 amide bonds.